The molecule has 0 atom stereocenters. The molecule has 2 N–H and O–H groups in total. The summed E-state index contributed by atoms with van der Waals surface area (Å²) in [6, 6.07) is 15.4. The summed E-state index contributed by atoms with van der Waals surface area (Å²) < 4.78 is 0. The minimum atomic E-state index is -0.101. The number of nitrogens with one attached hydrogen (secondary N) is 2. The number of imidazole rings is 2. The lowest BCUT2D eigenvalue weighted by Gasteiger charge is -2.33. The summed E-state index contributed by atoms with van der Waals surface area (Å²) in [5, 5.41) is 0. The van der Waals surface area contributed by atoms with E-state index in [1.54, 1.807) is 0 Å². The molecule has 0 unspecified atom stereocenters. The zero-order chi connectivity index (χ0) is 19.1. The van der Waals surface area contributed by atoms with E-state index in [9.17, 15) is 9.59 Å². The molecular formula is C20H18N6O2. The molecule has 0 radical (unpaired) electrons. The van der Waals surface area contributed by atoms with E-state index in [2.05, 4.69) is 19.9 Å². The van der Waals surface area contributed by atoms with Gasteiger partial charge in [-0.3, -0.25) is 9.59 Å². The van der Waals surface area contributed by atoms with Crippen molar-refractivity contribution in [1.82, 2.24) is 29.7 Å². The van der Waals surface area contributed by atoms with E-state index in [0.29, 0.717) is 11.6 Å². The number of aromatic nitrogens is 4. The van der Waals surface area contributed by atoms with Gasteiger partial charge in [0.25, 0.3) is 0 Å². The first-order chi connectivity index (χ1) is 13.7. The average Bonchev–Trinajstić information content (AvgIpc) is 3.28. The molecule has 2 aromatic carbocycles. The fraction of sp³-hybridized carbons (Fsp3) is 0.200. The monoisotopic (exact) mass is 374 g/mol. The Labute approximate surface area is 160 Å². The molecule has 2 aromatic heterocycles. The van der Waals surface area contributed by atoms with Gasteiger partial charge in [0.05, 0.1) is 35.2 Å². The number of nitrogens with zero attached hydrogens (tertiary/aromatic N) is 4. The molecule has 0 bridgehead atoms. The molecule has 4 aromatic rings. The Morgan fingerprint density at radius 2 is 1.14 bits per heavy atom. The molecule has 8 heteroatoms. The number of amides is 2. The SMILES string of the molecule is O=C1CN(Cc2nc3ccccc3[nH]2)C(=O)CN1Cc1nc2ccccc2[nH]1. The molecule has 1 aliphatic heterocycles. The number of piperazine rings is 1. The van der Waals surface area contributed by atoms with Crippen LogP contribution in [0.25, 0.3) is 22.1 Å². The summed E-state index contributed by atoms with van der Waals surface area (Å²) in [4.78, 5) is 43.6. The molecule has 0 saturated carbocycles. The van der Waals surface area contributed by atoms with E-state index in [1.807, 2.05) is 48.5 Å². The van der Waals surface area contributed by atoms with Crippen LogP contribution in [0.2, 0.25) is 0 Å². The van der Waals surface area contributed by atoms with E-state index in [0.717, 1.165) is 22.1 Å². The zero-order valence-corrected chi connectivity index (χ0v) is 15.1. The van der Waals surface area contributed by atoms with E-state index in [4.69, 9.17) is 0 Å². The summed E-state index contributed by atoms with van der Waals surface area (Å²) in [6.45, 7) is 0.654. The van der Waals surface area contributed by atoms with Gasteiger partial charge >= 0.3 is 0 Å². The highest BCUT2D eigenvalue weighted by Gasteiger charge is 2.31. The second-order valence-electron chi connectivity index (χ2n) is 6.90. The third-order valence-electron chi connectivity index (χ3n) is 4.92. The number of fused-ring (bicyclic) bond motifs is 2. The zero-order valence-electron chi connectivity index (χ0n) is 15.1. The van der Waals surface area contributed by atoms with Crippen LogP contribution in [0.4, 0.5) is 0 Å². The van der Waals surface area contributed by atoms with Crippen molar-refractivity contribution in [1.29, 1.82) is 0 Å². The summed E-state index contributed by atoms with van der Waals surface area (Å²) >= 11 is 0. The van der Waals surface area contributed by atoms with Gasteiger partial charge in [-0.25, -0.2) is 9.97 Å². The van der Waals surface area contributed by atoms with Crippen LogP contribution in [-0.4, -0.2) is 54.6 Å². The Hall–Kier alpha value is -3.68. The van der Waals surface area contributed by atoms with Gasteiger partial charge in [-0.2, -0.15) is 0 Å². The van der Waals surface area contributed by atoms with Crippen molar-refractivity contribution in [2.45, 2.75) is 13.1 Å². The maximum Gasteiger partial charge on any atom is 0.243 e. The molecule has 3 heterocycles. The molecule has 140 valence electrons. The van der Waals surface area contributed by atoms with Crippen LogP contribution < -0.4 is 0 Å². The standard InChI is InChI=1S/C20H18N6O2/c27-19-12-26(10-18-23-15-7-3-4-8-16(15)24-18)20(28)11-25(19)9-17-21-13-5-1-2-6-14(13)22-17/h1-8H,9-12H2,(H,21,22)(H,23,24). The van der Waals surface area contributed by atoms with Gasteiger partial charge in [-0.05, 0) is 24.3 Å². The first kappa shape index (κ1) is 16.5. The normalized spacial score (nSPS) is 15.1. The van der Waals surface area contributed by atoms with Crippen LogP contribution in [0, 0.1) is 0 Å². The summed E-state index contributed by atoms with van der Waals surface area (Å²) in [5.41, 5.74) is 3.53. The maximum atomic E-state index is 12.6. The van der Waals surface area contributed by atoms with Crippen molar-refractivity contribution in [2.24, 2.45) is 0 Å². The van der Waals surface area contributed by atoms with Crippen LogP contribution >= 0.6 is 0 Å². The average molecular weight is 374 g/mol. The van der Waals surface area contributed by atoms with Crippen molar-refractivity contribution >= 4 is 33.9 Å². The number of H-pyrrole nitrogens is 2. The molecule has 8 nitrogen and oxygen atoms in total. The van der Waals surface area contributed by atoms with Crippen molar-refractivity contribution in [2.75, 3.05) is 13.1 Å². The van der Waals surface area contributed by atoms with E-state index >= 15 is 0 Å². The largest absolute Gasteiger partial charge is 0.340 e. The lowest BCUT2D eigenvalue weighted by atomic mass is 10.3. The fourth-order valence-electron chi connectivity index (χ4n) is 3.51. The topological polar surface area (TPSA) is 98.0 Å². The predicted octanol–water partition coefficient (Wildman–Crippen LogP) is 1.81. The van der Waals surface area contributed by atoms with Crippen molar-refractivity contribution < 1.29 is 9.59 Å². The number of rotatable bonds is 4. The minimum absolute atomic E-state index is 0.0378. The second kappa shape index (κ2) is 6.49. The van der Waals surface area contributed by atoms with Crippen LogP contribution in [0.3, 0.4) is 0 Å². The molecule has 1 aliphatic rings. The van der Waals surface area contributed by atoms with Crippen molar-refractivity contribution in [3.05, 3.63) is 60.2 Å². The third kappa shape index (κ3) is 2.98. The van der Waals surface area contributed by atoms with Gasteiger partial charge in [-0.15, -0.1) is 0 Å². The summed E-state index contributed by atoms with van der Waals surface area (Å²) in [6.07, 6.45) is 0. The highest BCUT2D eigenvalue weighted by molar-refractivity contribution is 5.92. The van der Waals surface area contributed by atoms with Gasteiger partial charge in [0, 0.05) is 0 Å². The molecule has 5 rings (SSSR count). The van der Waals surface area contributed by atoms with Crippen LogP contribution in [0.5, 0.6) is 0 Å². The molecule has 28 heavy (non-hydrogen) atoms. The molecule has 0 spiro atoms. The quantitative estimate of drug-likeness (QED) is 0.569. The van der Waals surface area contributed by atoms with Crippen LogP contribution in [-0.2, 0) is 22.7 Å². The molecule has 0 aliphatic carbocycles. The predicted molar refractivity (Wildman–Crippen MR) is 103 cm³/mol. The molecule has 2 amide bonds. The number of aromatic amines is 2. The Bertz CT molecular complexity index is 1030. The first-order valence-electron chi connectivity index (χ1n) is 9.08. The summed E-state index contributed by atoms with van der Waals surface area (Å²) in [5.74, 6) is 1.15. The molecular weight excluding hydrogens is 356 g/mol. The fourth-order valence-corrected chi connectivity index (χ4v) is 3.51. The van der Waals surface area contributed by atoms with E-state index in [1.165, 1.54) is 9.80 Å². The van der Waals surface area contributed by atoms with Crippen LogP contribution in [0.15, 0.2) is 48.5 Å². The smallest absolute Gasteiger partial charge is 0.243 e. The Morgan fingerprint density at radius 3 is 1.57 bits per heavy atom. The number of carbonyl (C=O) groups excluding carboxylic acids is 2. The van der Waals surface area contributed by atoms with Crippen LogP contribution in [0.1, 0.15) is 11.6 Å². The lowest BCUT2D eigenvalue weighted by molar-refractivity contribution is -0.151. The van der Waals surface area contributed by atoms with Gasteiger partial charge in [-0.1, -0.05) is 24.3 Å². The first-order valence-corrected chi connectivity index (χ1v) is 9.08. The van der Waals surface area contributed by atoms with Gasteiger partial charge in [0.2, 0.25) is 11.8 Å². The Kier molecular flexibility index (Phi) is 3.82. The number of benzene rings is 2. The van der Waals surface area contributed by atoms with Crippen molar-refractivity contribution in [3.8, 4) is 0 Å². The lowest BCUT2D eigenvalue weighted by Crippen LogP contribution is -2.53. The number of carbonyl (C=O) groups is 2. The maximum absolute atomic E-state index is 12.6. The van der Waals surface area contributed by atoms with Gasteiger partial charge < -0.3 is 19.8 Å². The molecule has 1 fully saturated rings. The molecule has 1 saturated heterocycles. The van der Waals surface area contributed by atoms with Gasteiger partial charge in [0.15, 0.2) is 0 Å². The van der Waals surface area contributed by atoms with Gasteiger partial charge in [0.1, 0.15) is 24.7 Å². The Morgan fingerprint density at radius 1 is 0.714 bits per heavy atom. The number of hydrogen-bond donors (Lipinski definition) is 2. The van der Waals surface area contributed by atoms with Crippen molar-refractivity contribution in [3.63, 3.8) is 0 Å². The highest BCUT2D eigenvalue weighted by Crippen LogP contribution is 2.16. The number of hydrogen-bond acceptors (Lipinski definition) is 4. The highest BCUT2D eigenvalue weighted by atomic mass is 16.2. The van der Waals surface area contributed by atoms with E-state index in [-0.39, 0.29) is 38.0 Å². The Balaban J connectivity index is 1.29. The second-order valence-corrected chi connectivity index (χ2v) is 6.90. The third-order valence-corrected chi connectivity index (χ3v) is 4.92. The van der Waals surface area contributed by atoms with E-state index < -0.39 is 0 Å². The number of para-hydroxylation sites is 4. The minimum Gasteiger partial charge on any atom is -0.340 e. The summed E-state index contributed by atoms with van der Waals surface area (Å²) in [7, 11) is 0.